The van der Waals surface area contributed by atoms with Crippen molar-refractivity contribution in [3.8, 4) is 0 Å². The summed E-state index contributed by atoms with van der Waals surface area (Å²) in [5, 5.41) is 8.92. The highest BCUT2D eigenvalue weighted by molar-refractivity contribution is 5.67. The third-order valence-corrected chi connectivity index (χ3v) is 4.84. The van der Waals surface area contributed by atoms with E-state index in [-0.39, 0.29) is 12.5 Å². The summed E-state index contributed by atoms with van der Waals surface area (Å²) in [6.45, 7) is 5.01. The van der Waals surface area contributed by atoms with Crippen LogP contribution in [0.1, 0.15) is 123 Å². The van der Waals surface area contributed by atoms with Crippen molar-refractivity contribution in [1.82, 2.24) is 0 Å². The van der Waals surface area contributed by atoms with Crippen LogP contribution in [0, 0.1) is 0 Å². The molecule has 25 heavy (non-hydrogen) atoms. The van der Waals surface area contributed by atoms with Crippen molar-refractivity contribution < 1.29 is 14.6 Å². The van der Waals surface area contributed by atoms with E-state index in [1.807, 2.05) is 0 Å². The van der Waals surface area contributed by atoms with Gasteiger partial charge in [0.25, 0.3) is 0 Å². The highest BCUT2D eigenvalue weighted by Gasteiger charge is 2.12. The zero-order chi connectivity index (χ0) is 18.6. The molecule has 1 N–H and O–H groups in total. The van der Waals surface area contributed by atoms with Crippen molar-refractivity contribution in [2.45, 2.75) is 129 Å². The number of carboxylic acids is 1. The van der Waals surface area contributed by atoms with Gasteiger partial charge in [-0.2, -0.15) is 0 Å². The molecule has 1 atom stereocenters. The van der Waals surface area contributed by atoms with E-state index < -0.39 is 5.97 Å². The van der Waals surface area contributed by atoms with E-state index in [0.29, 0.717) is 6.61 Å². The van der Waals surface area contributed by atoms with Gasteiger partial charge in [0.1, 0.15) is 0 Å². The Morgan fingerprint density at radius 2 is 1.16 bits per heavy atom. The van der Waals surface area contributed by atoms with Crippen LogP contribution in [0.25, 0.3) is 0 Å². The number of ether oxygens (including phenoxy) is 1. The van der Waals surface area contributed by atoms with Crippen LogP contribution in [0.4, 0.5) is 0 Å². The van der Waals surface area contributed by atoms with E-state index in [4.69, 9.17) is 9.84 Å². The van der Waals surface area contributed by atoms with Crippen LogP contribution in [-0.4, -0.2) is 23.8 Å². The van der Waals surface area contributed by atoms with Crippen LogP contribution in [0.3, 0.4) is 0 Å². The summed E-state index contributed by atoms with van der Waals surface area (Å²) in [6, 6.07) is 0. The van der Waals surface area contributed by atoms with Crippen molar-refractivity contribution in [2.24, 2.45) is 0 Å². The van der Waals surface area contributed by atoms with Gasteiger partial charge in [0.2, 0.25) is 0 Å². The first kappa shape index (κ1) is 24.4. The largest absolute Gasteiger partial charge is 0.481 e. The van der Waals surface area contributed by atoms with Crippen LogP contribution in [-0.2, 0) is 9.53 Å². The lowest BCUT2D eigenvalue weighted by Gasteiger charge is -2.15. The minimum atomic E-state index is -0.744. The summed E-state index contributed by atoms with van der Waals surface area (Å²) in [4.78, 5) is 10.8. The predicted octanol–water partition coefficient (Wildman–Crippen LogP) is 7.13. The summed E-state index contributed by atoms with van der Waals surface area (Å²) in [5.41, 5.74) is 0. The molecule has 0 bridgehead atoms. The van der Waals surface area contributed by atoms with E-state index in [1.54, 1.807) is 0 Å². The summed E-state index contributed by atoms with van der Waals surface area (Å²) in [6.07, 6.45) is 20.8. The van der Waals surface area contributed by atoms with Gasteiger partial charge in [-0.25, -0.2) is 0 Å². The first-order valence-electron chi connectivity index (χ1n) is 11.0. The summed E-state index contributed by atoms with van der Waals surface area (Å²) in [7, 11) is 0. The maximum Gasteiger partial charge on any atom is 0.305 e. The molecule has 3 heteroatoms. The number of hydrogen-bond donors (Lipinski definition) is 1. The molecule has 3 nitrogen and oxygen atoms in total. The molecule has 0 spiro atoms. The van der Waals surface area contributed by atoms with Gasteiger partial charge in [0.15, 0.2) is 0 Å². The number of hydrogen-bond acceptors (Lipinski definition) is 2. The maximum absolute atomic E-state index is 10.8. The molecule has 0 aromatic rings. The van der Waals surface area contributed by atoms with Crippen molar-refractivity contribution in [3.05, 3.63) is 0 Å². The lowest BCUT2D eigenvalue weighted by atomic mass is 10.0. The van der Waals surface area contributed by atoms with Crippen LogP contribution >= 0.6 is 0 Å². The van der Waals surface area contributed by atoms with Crippen molar-refractivity contribution in [3.63, 3.8) is 0 Å². The Morgan fingerprint density at radius 3 is 1.56 bits per heavy atom. The molecule has 0 radical (unpaired) electrons. The average Bonchev–Trinajstić information content (AvgIpc) is 2.59. The van der Waals surface area contributed by atoms with Gasteiger partial charge in [-0.3, -0.25) is 4.79 Å². The van der Waals surface area contributed by atoms with Crippen molar-refractivity contribution in [1.29, 1.82) is 0 Å². The van der Waals surface area contributed by atoms with Gasteiger partial charge in [-0.1, -0.05) is 104 Å². The molecule has 150 valence electrons. The molecule has 0 aromatic carbocycles. The number of aliphatic carboxylic acids is 1. The average molecular weight is 357 g/mol. The molecule has 0 rings (SSSR count). The zero-order valence-corrected chi connectivity index (χ0v) is 17.1. The second-order valence-electron chi connectivity index (χ2n) is 7.48. The molecule has 0 saturated carbocycles. The predicted molar refractivity (Wildman–Crippen MR) is 107 cm³/mol. The first-order chi connectivity index (χ1) is 12.2. The minimum Gasteiger partial charge on any atom is -0.481 e. The third kappa shape index (κ3) is 19.6. The standard InChI is InChI=1S/C22H44O3/c1-3-5-6-7-8-9-10-11-12-13-14-15-16-17-18-21(20-22(23)24)25-19-4-2/h21H,3-20H2,1-2H3,(H,23,24). The topological polar surface area (TPSA) is 46.5 Å². The van der Waals surface area contributed by atoms with E-state index >= 15 is 0 Å². The second kappa shape index (κ2) is 19.8. The summed E-state index contributed by atoms with van der Waals surface area (Å²) >= 11 is 0. The molecule has 0 aliphatic heterocycles. The highest BCUT2D eigenvalue weighted by Crippen LogP contribution is 2.15. The van der Waals surface area contributed by atoms with Gasteiger partial charge < -0.3 is 9.84 Å². The first-order valence-corrected chi connectivity index (χ1v) is 11.0. The minimum absolute atomic E-state index is 0.0882. The quantitative estimate of drug-likeness (QED) is 0.236. The number of rotatable bonds is 20. The monoisotopic (exact) mass is 356 g/mol. The Bertz CT molecular complexity index is 278. The van der Waals surface area contributed by atoms with Gasteiger partial charge >= 0.3 is 5.97 Å². The van der Waals surface area contributed by atoms with Crippen molar-refractivity contribution in [2.75, 3.05) is 6.61 Å². The van der Waals surface area contributed by atoms with Crippen LogP contribution < -0.4 is 0 Å². The Kier molecular flexibility index (Phi) is 19.3. The molecule has 0 heterocycles. The molecule has 0 aliphatic carbocycles. The zero-order valence-electron chi connectivity index (χ0n) is 17.1. The Labute approximate surface area is 156 Å². The maximum atomic E-state index is 10.8. The molecule has 1 unspecified atom stereocenters. The fourth-order valence-corrected chi connectivity index (χ4v) is 3.29. The molecule has 0 saturated heterocycles. The fraction of sp³-hybridized carbons (Fsp3) is 0.955. The molecule has 0 fully saturated rings. The molecule has 0 aliphatic rings. The number of carbonyl (C=O) groups is 1. The molecule has 0 amide bonds. The van der Waals surface area contributed by atoms with Gasteiger partial charge in [-0.05, 0) is 12.8 Å². The molecule has 0 aromatic heterocycles. The van der Waals surface area contributed by atoms with Crippen LogP contribution in [0.15, 0.2) is 0 Å². The molecular weight excluding hydrogens is 312 g/mol. The highest BCUT2D eigenvalue weighted by atomic mass is 16.5. The van der Waals surface area contributed by atoms with E-state index in [0.717, 1.165) is 19.3 Å². The number of carboxylic acid groups (broad SMARTS) is 1. The normalized spacial score (nSPS) is 12.4. The Balaban J connectivity index is 3.32. The summed E-state index contributed by atoms with van der Waals surface area (Å²) < 4.78 is 5.63. The number of unbranched alkanes of at least 4 members (excludes halogenated alkanes) is 13. The van der Waals surface area contributed by atoms with Gasteiger partial charge in [-0.15, -0.1) is 0 Å². The fourth-order valence-electron chi connectivity index (χ4n) is 3.29. The Hall–Kier alpha value is -0.570. The van der Waals surface area contributed by atoms with Gasteiger partial charge in [0.05, 0.1) is 12.5 Å². The summed E-state index contributed by atoms with van der Waals surface area (Å²) in [5.74, 6) is -0.744. The SMILES string of the molecule is CCCCCCCCCCCCCCCCC(CC(=O)O)OCCC. The van der Waals surface area contributed by atoms with E-state index in [2.05, 4.69) is 13.8 Å². The smallest absolute Gasteiger partial charge is 0.305 e. The lowest BCUT2D eigenvalue weighted by Crippen LogP contribution is -2.18. The van der Waals surface area contributed by atoms with E-state index in [9.17, 15) is 4.79 Å². The lowest BCUT2D eigenvalue weighted by molar-refractivity contribution is -0.140. The Morgan fingerprint density at radius 1 is 0.720 bits per heavy atom. The van der Waals surface area contributed by atoms with Crippen molar-refractivity contribution >= 4 is 5.97 Å². The van der Waals surface area contributed by atoms with Crippen LogP contribution in [0.5, 0.6) is 0 Å². The van der Waals surface area contributed by atoms with Crippen LogP contribution in [0.2, 0.25) is 0 Å². The second-order valence-corrected chi connectivity index (χ2v) is 7.48. The van der Waals surface area contributed by atoms with Gasteiger partial charge in [0, 0.05) is 6.61 Å². The molecular formula is C22H44O3. The van der Waals surface area contributed by atoms with E-state index in [1.165, 1.54) is 83.5 Å². The third-order valence-electron chi connectivity index (χ3n) is 4.84.